The molecular weight excluding hydrogens is 443 g/mol. The van der Waals surface area contributed by atoms with Crippen molar-refractivity contribution in [3.63, 3.8) is 0 Å². The second kappa shape index (κ2) is 9.52. The van der Waals surface area contributed by atoms with Gasteiger partial charge in [0, 0.05) is 22.8 Å². The molecule has 0 aliphatic heterocycles. The van der Waals surface area contributed by atoms with Gasteiger partial charge in [-0.3, -0.25) is 4.79 Å². The molecule has 1 aromatic heterocycles. The second-order valence-corrected chi connectivity index (χ2v) is 7.89. The van der Waals surface area contributed by atoms with Crippen molar-refractivity contribution in [2.75, 3.05) is 11.1 Å². The van der Waals surface area contributed by atoms with Gasteiger partial charge in [0.1, 0.15) is 12.4 Å². The Morgan fingerprint density at radius 1 is 1.11 bits per heavy atom. The first-order valence-electron chi connectivity index (χ1n) is 8.06. The number of thioether (sulfide) groups is 1. The Kier molecular flexibility index (Phi) is 7.07. The largest absolute Gasteiger partial charge is 0.484 e. The maximum atomic E-state index is 12.1. The molecular formula is C18H15Cl3N4O2S. The Labute approximate surface area is 181 Å². The van der Waals surface area contributed by atoms with Crippen LogP contribution in [-0.4, -0.2) is 26.4 Å². The summed E-state index contributed by atoms with van der Waals surface area (Å²) in [6.07, 6.45) is 0. The van der Waals surface area contributed by atoms with Gasteiger partial charge >= 0.3 is 0 Å². The van der Waals surface area contributed by atoms with E-state index in [1.807, 2.05) is 7.05 Å². The SMILES string of the molecule is Cn1c(COc2ccc(Cl)cc2Cl)nnc1SCC(=O)Nc1ccc(Cl)cc1. The summed E-state index contributed by atoms with van der Waals surface area (Å²) in [4.78, 5) is 12.1. The third-order valence-corrected chi connectivity index (χ3v) is 5.44. The highest BCUT2D eigenvalue weighted by molar-refractivity contribution is 7.99. The number of carbonyl (C=O) groups is 1. The van der Waals surface area contributed by atoms with E-state index in [2.05, 4.69) is 15.5 Å². The molecule has 0 aliphatic carbocycles. The van der Waals surface area contributed by atoms with Gasteiger partial charge in [0.2, 0.25) is 5.91 Å². The molecule has 0 saturated carbocycles. The summed E-state index contributed by atoms with van der Waals surface area (Å²) in [7, 11) is 1.81. The van der Waals surface area contributed by atoms with Gasteiger partial charge < -0.3 is 14.6 Å². The number of halogens is 3. The van der Waals surface area contributed by atoms with E-state index in [4.69, 9.17) is 39.5 Å². The molecule has 28 heavy (non-hydrogen) atoms. The molecule has 6 nitrogen and oxygen atoms in total. The van der Waals surface area contributed by atoms with E-state index >= 15 is 0 Å². The first-order valence-corrected chi connectivity index (χ1v) is 10.2. The minimum absolute atomic E-state index is 0.152. The second-order valence-electron chi connectivity index (χ2n) is 5.66. The number of anilines is 1. The van der Waals surface area contributed by atoms with Crippen LogP contribution in [0.25, 0.3) is 0 Å². The Morgan fingerprint density at radius 3 is 2.54 bits per heavy atom. The van der Waals surface area contributed by atoms with Crippen LogP contribution in [0.3, 0.4) is 0 Å². The fraction of sp³-hybridized carbons (Fsp3) is 0.167. The Hall–Kier alpha value is -1.93. The lowest BCUT2D eigenvalue weighted by Crippen LogP contribution is -2.14. The van der Waals surface area contributed by atoms with Crippen molar-refractivity contribution in [1.29, 1.82) is 0 Å². The van der Waals surface area contributed by atoms with E-state index in [9.17, 15) is 4.79 Å². The van der Waals surface area contributed by atoms with Gasteiger partial charge in [-0.15, -0.1) is 10.2 Å². The third kappa shape index (κ3) is 5.54. The highest BCUT2D eigenvalue weighted by Gasteiger charge is 2.13. The number of hydrogen-bond acceptors (Lipinski definition) is 5. The number of hydrogen-bond donors (Lipinski definition) is 1. The van der Waals surface area contributed by atoms with Crippen molar-refractivity contribution in [3.8, 4) is 5.75 Å². The average Bonchev–Trinajstić information content (AvgIpc) is 3.01. The van der Waals surface area contributed by atoms with Crippen LogP contribution in [-0.2, 0) is 18.4 Å². The lowest BCUT2D eigenvalue weighted by Gasteiger charge is -2.08. The Bertz CT molecular complexity index is 979. The quantitative estimate of drug-likeness (QED) is 0.501. The zero-order valence-corrected chi connectivity index (χ0v) is 17.7. The van der Waals surface area contributed by atoms with E-state index in [1.165, 1.54) is 11.8 Å². The number of amides is 1. The van der Waals surface area contributed by atoms with Crippen molar-refractivity contribution < 1.29 is 9.53 Å². The molecule has 10 heteroatoms. The molecule has 1 amide bonds. The zero-order valence-electron chi connectivity index (χ0n) is 14.7. The predicted octanol–water partition coefficient (Wildman–Crippen LogP) is 5.09. The molecule has 3 rings (SSSR count). The Morgan fingerprint density at radius 2 is 1.82 bits per heavy atom. The molecule has 0 radical (unpaired) electrons. The number of carbonyl (C=O) groups excluding carboxylic acids is 1. The van der Waals surface area contributed by atoms with Crippen molar-refractivity contribution in [1.82, 2.24) is 14.8 Å². The van der Waals surface area contributed by atoms with E-state index in [0.29, 0.717) is 37.5 Å². The summed E-state index contributed by atoms with van der Waals surface area (Å²) in [5.74, 6) is 1.15. The van der Waals surface area contributed by atoms with Crippen molar-refractivity contribution in [3.05, 3.63) is 63.4 Å². The number of rotatable bonds is 7. The average molecular weight is 458 g/mol. The van der Waals surface area contributed by atoms with E-state index in [-0.39, 0.29) is 18.3 Å². The summed E-state index contributed by atoms with van der Waals surface area (Å²) in [6, 6.07) is 11.9. The number of nitrogens with zero attached hydrogens (tertiary/aromatic N) is 3. The van der Waals surface area contributed by atoms with Gasteiger partial charge in [-0.2, -0.15) is 0 Å². The predicted molar refractivity (Wildman–Crippen MR) is 113 cm³/mol. The van der Waals surface area contributed by atoms with Crippen LogP contribution in [0.5, 0.6) is 5.75 Å². The normalized spacial score (nSPS) is 10.7. The monoisotopic (exact) mass is 456 g/mol. The summed E-state index contributed by atoms with van der Waals surface area (Å²) in [5.41, 5.74) is 0.682. The highest BCUT2D eigenvalue weighted by Crippen LogP contribution is 2.28. The van der Waals surface area contributed by atoms with Crippen LogP contribution >= 0.6 is 46.6 Å². The van der Waals surface area contributed by atoms with Crippen LogP contribution in [0.1, 0.15) is 5.82 Å². The van der Waals surface area contributed by atoms with Gasteiger partial charge in [-0.1, -0.05) is 46.6 Å². The minimum Gasteiger partial charge on any atom is -0.484 e. The molecule has 1 N–H and O–H groups in total. The van der Waals surface area contributed by atoms with Gasteiger partial charge in [0.05, 0.1) is 10.8 Å². The highest BCUT2D eigenvalue weighted by atomic mass is 35.5. The maximum Gasteiger partial charge on any atom is 0.234 e. The zero-order chi connectivity index (χ0) is 20.1. The number of nitrogens with one attached hydrogen (secondary N) is 1. The first-order chi connectivity index (χ1) is 13.4. The van der Waals surface area contributed by atoms with E-state index in [1.54, 1.807) is 47.0 Å². The van der Waals surface area contributed by atoms with Crippen LogP contribution in [0, 0.1) is 0 Å². The van der Waals surface area contributed by atoms with Crippen LogP contribution in [0.4, 0.5) is 5.69 Å². The summed E-state index contributed by atoms with van der Waals surface area (Å²) in [5, 5.41) is 13.2. The minimum atomic E-state index is -0.152. The molecule has 0 unspecified atom stereocenters. The molecule has 0 saturated heterocycles. The third-order valence-electron chi connectivity index (χ3n) is 3.64. The molecule has 1 heterocycles. The number of ether oxygens (including phenoxy) is 1. The molecule has 0 spiro atoms. The standard InChI is InChI=1S/C18H15Cl3N4O2S/c1-25-16(9-27-15-7-4-12(20)8-14(15)21)23-24-18(25)28-10-17(26)22-13-5-2-11(19)3-6-13/h2-8H,9-10H2,1H3,(H,22,26). The molecule has 0 atom stereocenters. The molecule has 0 bridgehead atoms. The molecule has 146 valence electrons. The summed E-state index contributed by atoms with van der Waals surface area (Å²) < 4.78 is 7.44. The van der Waals surface area contributed by atoms with Gasteiger partial charge in [0.25, 0.3) is 0 Å². The van der Waals surface area contributed by atoms with Gasteiger partial charge in [-0.25, -0.2) is 0 Å². The van der Waals surface area contributed by atoms with Gasteiger partial charge in [0.15, 0.2) is 11.0 Å². The van der Waals surface area contributed by atoms with Crippen molar-refractivity contribution >= 4 is 58.2 Å². The summed E-state index contributed by atoms with van der Waals surface area (Å²) >= 11 is 19.1. The molecule has 2 aromatic carbocycles. The summed E-state index contributed by atoms with van der Waals surface area (Å²) in [6.45, 7) is 0.183. The van der Waals surface area contributed by atoms with E-state index < -0.39 is 0 Å². The van der Waals surface area contributed by atoms with Crippen molar-refractivity contribution in [2.45, 2.75) is 11.8 Å². The fourth-order valence-corrected chi connectivity index (χ4v) is 3.51. The van der Waals surface area contributed by atoms with E-state index in [0.717, 1.165) is 0 Å². The van der Waals surface area contributed by atoms with Crippen LogP contribution in [0.15, 0.2) is 47.6 Å². The van der Waals surface area contributed by atoms with Crippen LogP contribution in [0.2, 0.25) is 15.1 Å². The fourth-order valence-electron chi connectivity index (χ4n) is 2.19. The lowest BCUT2D eigenvalue weighted by molar-refractivity contribution is -0.113. The first kappa shape index (κ1) is 20.8. The maximum absolute atomic E-state index is 12.1. The van der Waals surface area contributed by atoms with Gasteiger partial charge in [-0.05, 0) is 42.5 Å². The van der Waals surface area contributed by atoms with Crippen molar-refractivity contribution in [2.24, 2.45) is 7.05 Å². The topological polar surface area (TPSA) is 69.0 Å². The Balaban J connectivity index is 1.54. The molecule has 0 aliphatic rings. The lowest BCUT2D eigenvalue weighted by atomic mass is 10.3. The smallest absolute Gasteiger partial charge is 0.234 e. The van der Waals surface area contributed by atoms with Crippen LogP contribution < -0.4 is 10.1 Å². The number of benzene rings is 2. The number of aromatic nitrogens is 3. The molecule has 0 fully saturated rings. The molecule has 3 aromatic rings.